The molecule has 0 saturated carbocycles. The summed E-state index contributed by atoms with van der Waals surface area (Å²) in [6.45, 7) is 1.31. The van der Waals surface area contributed by atoms with E-state index in [-0.39, 0.29) is 30.2 Å². The monoisotopic (exact) mass is 375 g/mol. The number of carbonyl (C=O) groups is 2. The van der Waals surface area contributed by atoms with Gasteiger partial charge in [0, 0.05) is 50.0 Å². The van der Waals surface area contributed by atoms with Crippen molar-refractivity contribution in [1.29, 1.82) is 0 Å². The van der Waals surface area contributed by atoms with E-state index in [9.17, 15) is 9.59 Å². The molecule has 0 aliphatic carbocycles. The zero-order valence-electron chi connectivity index (χ0n) is 14.8. The Labute approximate surface area is 157 Å². The summed E-state index contributed by atoms with van der Waals surface area (Å²) in [6.07, 6.45) is 3.73. The van der Waals surface area contributed by atoms with E-state index in [1.807, 2.05) is 13.2 Å². The fourth-order valence-corrected chi connectivity index (χ4v) is 3.45. The number of anilines is 1. The minimum absolute atomic E-state index is 0.0123. The Morgan fingerprint density at radius 1 is 1.42 bits per heavy atom. The molecule has 8 heteroatoms. The maximum atomic E-state index is 12.8. The average molecular weight is 376 g/mol. The second kappa shape index (κ2) is 7.88. The molecule has 138 valence electrons. The molecular weight excluding hydrogens is 354 g/mol. The van der Waals surface area contributed by atoms with Crippen molar-refractivity contribution < 1.29 is 9.59 Å². The molecule has 26 heavy (non-hydrogen) atoms. The van der Waals surface area contributed by atoms with Crippen molar-refractivity contribution in [1.82, 2.24) is 20.0 Å². The van der Waals surface area contributed by atoms with Crippen LogP contribution < -0.4 is 10.6 Å². The van der Waals surface area contributed by atoms with Crippen molar-refractivity contribution in [3.63, 3.8) is 0 Å². The van der Waals surface area contributed by atoms with Gasteiger partial charge in [0.25, 0.3) is 0 Å². The summed E-state index contributed by atoms with van der Waals surface area (Å²) in [4.78, 5) is 26.5. The molecule has 1 aromatic heterocycles. The van der Waals surface area contributed by atoms with E-state index in [2.05, 4.69) is 15.7 Å². The number of carbonyl (C=O) groups excluding carboxylic acids is 2. The van der Waals surface area contributed by atoms with E-state index in [4.69, 9.17) is 11.6 Å². The standard InChI is InChI=1S/C18H22ClN5O2/c1-23(11-17(25)22-14-5-3-4-13(19)6-14)18(26)16-9-20-8-15(16)12-7-21-24(2)10-12/h3-7,10,15-16,20H,8-9,11H2,1-2H3,(H,22,25)/t15-,16+/m1/s1. The predicted octanol–water partition coefficient (Wildman–Crippen LogP) is 1.47. The SMILES string of the molecule is CN(CC(=O)Nc1cccc(Cl)c1)C(=O)[C@H]1CNC[C@@H]1c1cnn(C)c1. The van der Waals surface area contributed by atoms with Gasteiger partial charge in [-0.25, -0.2) is 0 Å². The summed E-state index contributed by atoms with van der Waals surface area (Å²) in [6, 6.07) is 6.92. The molecule has 1 aliphatic heterocycles. The van der Waals surface area contributed by atoms with Crippen molar-refractivity contribution in [3.8, 4) is 0 Å². The second-order valence-electron chi connectivity index (χ2n) is 6.57. The molecule has 0 bridgehead atoms. The third kappa shape index (κ3) is 4.23. The van der Waals surface area contributed by atoms with Crippen molar-refractivity contribution >= 4 is 29.1 Å². The van der Waals surface area contributed by atoms with E-state index in [0.717, 1.165) is 12.1 Å². The van der Waals surface area contributed by atoms with E-state index in [1.165, 1.54) is 4.90 Å². The lowest BCUT2D eigenvalue weighted by Crippen LogP contribution is -2.40. The predicted molar refractivity (Wildman–Crippen MR) is 100 cm³/mol. The summed E-state index contributed by atoms with van der Waals surface area (Å²) in [7, 11) is 3.51. The van der Waals surface area contributed by atoms with Crippen molar-refractivity contribution in [2.45, 2.75) is 5.92 Å². The molecule has 3 rings (SSSR count). The van der Waals surface area contributed by atoms with Crippen LogP contribution in [0.25, 0.3) is 0 Å². The van der Waals surface area contributed by atoms with Crippen LogP contribution in [-0.2, 0) is 16.6 Å². The van der Waals surface area contributed by atoms with E-state index < -0.39 is 0 Å². The van der Waals surface area contributed by atoms with E-state index in [0.29, 0.717) is 17.3 Å². The fraction of sp³-hybridized carbons (Fsp3) is 0.389. The van der Waals surface area contributed by atoms with Crippen LogP contribution >= 0.6 is 11.6 Å². The van der Waals surface area contributed by atoms with E-state index >= 15 is 0 Å². The Balaban J connectivity index is 1.60. The first kappa shape index (κ1) is 18.4. The number of amides is 2. The Kier molecular flexibility index (Phi) is 5.58. The Bertz CT molecular complexity index is 806. The van der Waals surface area contributed by atoms with Crippen LogP contribution in [0.2, 0.25) is 5.02 Å². The van der Waals surface area contributed by atoms with Crippen LogP contribution in [-0.4, -0.2) is 53.2 Å². The fourth-order valence-electron chi connectivity index (χ4n) is 3.26. The maximum absolute atomic E-state index is 12.8. The smallest absolute Gasteiger partial charge is 0.243 e. The van der Waals surface area contributed by atoms with Crippen molar-refractivity contribution in [3.05, 3.63) is 47.2 Å². The zero-order chi connectivity index (χ0) is 18.7. The molecule has 2 aromatic rings. The molecule has 2 N–H and O–H groups in total. The van der Waals surface area contributed by atoms with Crippen LogP contribution in [0.3, 0.4) is 0 Å². The topological polar surface area (TPSA) is 79.3 Å². The number of hydrogen-bond donors (Lipinski definition) is 2. The summed E-state index contributed by atoms with van der Waals surface area (Å²) in [5, 5.41) is 10.8. The number of hydrogen-bond acceptors (Lipinski definition) is 4. The summed E-state index contributed by atoms with van der Waals surface area (Å²) < 4.78 is 1.73. The number of halogens is 1. The minimum Gasteiger partial charge on any atom is -0.336 e. The molecule has 2 heterocycles. The van der Waals surface area contributed by atoms with Gasteiger partial charge in [-0.1, -0.05) is 17.7 Å². The van der Waals surface area contributed by atoms with Crippen LogP contribution in [0.4, 0.5) is 5.69 Å². The highest BCUT2D eigenvalue weighted by molar-refractivity contribution is 6.30. The van der Waals surface area contributed by atoms with Gasteiger partial charge in [-0.2, -0.15) is 5.10 Å². The van der Waals surface area contributed by atoms with Gasteiger partial charge < -0.3 is 15.5 Å². The van der Waals surface area contributed by atoms with Gasteiger partial charge in [0.1, 0.15) is 0 Å². The van der Waals surface area contributed by atoms with Gasteiger partial charge >= 0.3 is 0 Å². The number of rotatable bonds is 5. The summed E-state index contributed by atoms with van der Waals surface area (Å²) in [5.41, 5.74) is 1.65. The third-order valence-corrected chi connectivity index (χ3v) is 4.78. The molecule has 1 saturated heterocycles. The molecule has 1 aromatic carbocycles. The lowest BCUT2D eigenvalue weighted by molar-refractivity contribution is -0.136. The van der Waals surface area contributed by atoms with Crippen LogP contribution in [0, 0.1) is 5.92 Å². The zero-order valence-corrected chi connectivity index (χ0v) is 15.5. The van der Waals surface area contributed by atoms with Gasteiger partial charge in [-0.05, 0) is 23.8 Å². The van der Waals surface area contributed by atoms with Crippen molar-refractivity contribution in [2.75, 3.05) is 32.0 Å². The Morgan fingerprint density at radius 2 is 2.23 bits per heavy atom. The molecule has 2 amide bonds. The number of aryl methyl sites for hydroxylation is 1. The lowest BCUT2D eigenvalue weighted by Gasteiger charge is -2.23. The molecule has 0 unspecified atom stereocenters. The molecular formula is C18H22ClN5O2. The number of nitrogens with zero attached hydrogens (tertiary/aromatic N) is 3. The number of benzene rings is 1. The quantitative estimate of drug-likeness (QED) is 0.829. The molecule has 1 fully saturated rings. The first-order valence-corrected chi connectivity index (χ1v) is 8.81. The highest BCUT2D eigenvalue weighted by atomic mass is 35.5. The largest absolute Gasteiger partial charge is 0.336 e. The van der Waals surface area contributed by atoms with Crippen LogP contribution in [0.5, 0.6) is 0 Å². The van der Waals surface area contributed by atoms with Gasteiger partial charge in [-0.15, -0.1) is 0 Å². The molecule has 0 radical (unpaired) electrons. The normalized spacial score (nSPS) is 19.3. The first-order chi connectivity index (χ1) is 12.4. The van der Waals surface area contributed by atoms with Crippen LogP contribution in [0.15, 0.2) is 36.7 Å². The Hall–Kier alpha value is -2.38. The lowest BCUT2D eigenvalue weighted by atomic mass is 9.90. The number of nitrogens with one attached hydrogen (secondary N) is 2. The molecule has 0 spiro atoms. The minimum atomic E-state index is -0.257. The molecule has 1 aliphatic rings. The third-order valence-electron chi connectivity index (χ3n) is 4.55. The highest BCUT2D eigenvalue weighted by Gasteiger charge is 2.36. The highest BCUT2D eigenvalue weighted by Crippen LogP contribution is 2.29. The average Bonchev–Trinajstić information content (AvgIpc) is 3.22. The molecule has 2 atom stereocenters. The second-order valence-corrected chi connectivity index (χ2v) is 7.01. The first-order valence-electron chi connectivity index (χ1n) is 8.43. The molecule has 7 nitrogen and oxygen atoms in total. The number of aromatic nitrogens is 2. The summed E-state index contributed by atoms with van der Waals surface area (Å²) in [5.74, 6) is -0.449. The van der Waals surface area contributed by atoms with Gasteiger partial charge in [0.05, 0.1) is 18.7 Å². The van der Waals surface area contributed by atoms with E-state index in [1.54, 1.807) is 42.2 Å². The van der Waals surface area contributed by atoms with Gasteiger partial charge in [0.2, 0.25) is 11.8 Å². The van der Waals surface area contributed by atoms with Crippen molar-refractivity contribution in [2.24, 2.45) is 13.0 Å². The van der Waals surface area contributed by atoms with Crippen LogP contribution in [0.1, 0.15) is 11.5 Å². The Morgan fingerprint density at radius 3 is 2.92 bits per heavy atom. The number of likely N-dealkylation sites (N-methyl/N-ethyl adjacent to an activating group) is 1. The maximum Gasteiger partial charge on any atom is 0.243 e. The van der Waals surface area contributed by atoms with Gasteiger partial charge in [0.15, 0.2) is 0 Å². The summed E-state index contributed by atoms with van der Waals surface area (Å²) >= 11 is 5.92. The van der Waals surface area contributed by atoms with Gasteiger partial charge in [-0.3, -0.25) is 14.3 Å².